The van der Waals surface area contributed by atoms with Gasteiger partial charge in [0.2, 0.25) is 0 Å². The average molecular weight is 302 g/mol. The van der Waals surface area contributed by atoms with E-state index in [-0.39, 0.29) is 10.7 Å². The van der Waals surface area contributed by atoms with E-state index in [9.17, 15) is 10.1 Å². The minimum Gasteiger partial charge on any atom is -0.440 e. The number of oxazole rings is 1. The van der Waals surface area contributed by atoms with E-state index in [1.54, 1.807) is 0 Å². The Morgan fingerprint density at radius 1 is 1.50 bits per heavy atom. The number of pyridine rings is 1. The van der Waals surface area contributed by atoms with Crippen LogP contribution in [0.1, 0.15) is 0 Å². The van der Waals surface area contributed by atoms with Crippen LogP contribution in [-0.2, 0) is 0 Å². The fourth-order valence-electron chi connectivity index (χ4n) is 0.969. The summed E-state index contributed by atoms with van der Waals surface area (Å²) in [4.78, 5) is 18.1. The topological polar surface area (TPSA) is 82.1 Å². The van der Waals surface area contributed by atoms with Crippen molar-refractivity contribution in [1.29, 1.82) is 0 Å². The normalized spacial score (nSPS) is 10.3. The second-order valence-electron chi connectivity index (χ2n) is 2.63. The smallest absolute Gasteiger partial charge is 0.303 e. The molecule has 2 aromatic heterocycles. The molecule has 0 saturated heterocycles. The van der Waals surface area contributed by atoms with Gasteiger partial charge < -0.3 is 4.42 Å². The monoisotopic (exact) mass is 301 g/mol. The first kappa shape index (κ1) is 11.1. The summed E-state index contributed by atoms with van der Waals surface area (Å²) in [5.41, 5.74) is -0.0856. The molecular weight excluding hydrogens is 298 g/mol. The van der Waals surface area contributed by atoms with Crippen LogP contribution in [0.5, 0.6) is 0 Å². The number of hydrogen-bond acceptors (Lipinski definition) is 6. The Kier molecular flexibility index (Phi) is 3.20. The summed E-state index contributed by atoms with van der Waals surface area (Å²) in [5, 5.41) is 11.3. The molecule has 2 heterocycles. The molecule has 0 aliphatic carbocycles. The summed E-state index contributed by atoms with van der Waals surface area (Å²) in [6.07, 6.45) is 4.35. The van der Waals surface area contributed by atoms with E-state index in [4.69, 9.17) is 4.42 Å². The molecule has 0 aliphatic heterocycles. The Hall–Kier alpha value is -1.41. The van der Waals surface area contributed by atoms with Crippen molar-refractivity contribution in [2.45, 2.75) is 10.2 Å². The molecule has 0 unspecified atom stereocenters. The lowest BCUT2D eigenvalue weighted by molar-refractivity contribution is -0.388. The van der Waals surface area contributed by atoms with Crippen molar-refractivity contribution < 1.29 is 9.34 Å². The van der Waals surface area contributed by atoms with Crippen LogP contribution >= 0.6 is 27.7 Å². The van der Waals surface area contributed by atoms with Crippen molar-refractivity contribution in [1.82, 2.24) is 9.97 Å². The number of nitrogens with zero attached hydrogens (tertiary/aromatic N) is 3. The summed E-state index contributed by atoms with van der Waals surface area (Å²) < 4.78 is 5.53. The number of hydrogen-bond donors (Lipinski definition) is 0. The van der Waals surface area contributed by atoms with Crippen LogP contribution in [0.2, 0.25) is 0 Å². The fourth-order valence-corrected chi connectivity index (χ4v) is 2.01. The Balaban J connectivity index is 2.36. The third-order valence-electron chi connectivity index (χ3n) is 1.59. The van der Waals surface area contributed by atoms with Gasteiger partial charge in [0.15, 0.2) is 5.03 Å². The van der Waals surface area contributed by atoms with Crippen LogP contribution in [0, 0.1) is 10.1 Å². The zero-order valence-corrected chi connectivity index (χ0v) is 10.1. The van der Waals surface area contributed by atoms with E-state index < -0.39 is 4.92 Å². The van der Waals surface area contributed by atoms with Gasteiger partial charge in [0.05, 0.1) is 11.1 Å². The highest BCUT2D eigenvalue weighted by molar-refractivity contribution is 9.10. The molecule has 0 radical (unpaired) electrons. The third kappa shape index (κ3) is 2.39. The van der Waals surface area contributed by atoms with Crippen LogP contribution in [0.15, 0.2) is 43.9 Å². The molecule has 0 atom stereocenters. The van der Waals surface area contributed by atoms with Gasteiger partial charge in [0.25, 0.3) is 5.22 Å². The molecule has 8 heteroatoms. The van der Waals surface area contributed by atoms with E-state index in [2.05, 4.69) is 25.9 Å². The Morgan fingerprint density at radius 3 is 2.94 bits per heavy atom. The zero-order valence-electron chi connectivity index (χ0n) is 7.66. The van der Waals surface area contributed by atoms with Gasteiger partial charge in [-0.1, -0.05) is 0 Å². The minimum absolute atomic E-state index is 0.0856. The van der Waals surface area contributed by atoms with Gasteiger partial charge in [0.1, 0.15) is 6.26 Å². The maximum absolute atomic E-state index is 10.8. The number of aromatic nitrogens is 2. The van der Waals surface area contributed by atoms with Gasteiger partial charge in [-0.15, -0.1) is 0 Å². The highest BCUT2D eigenvalue weighted by Crippen LogP contribution is 2.33. The molecule has 2 rings (SSSR count). The van der Waals surface area contributed by atoms with Crippen LogP contribution in [-0.4, -0.2) is 14.9 Å². The van der Waals surface area contributed by atoms with Gasteiger partial charge in [-0.05, 0) is 27.7 Å². The highest BCUT2D eigenvalue weighted by Gasteiger charge is 2.18. The van der Waals surface area contributed by atoms with Crippen molar-refractivity contribution in [2.24, 2.45) is 0 Å². The third-order valence-corrected chi connectivity index (χ3v) is 2.91. The quantitative estimate of drug-likeness (QED) is 0.640. The molecule has 16 heavy (non-hydrogen) atoms. The Labute approximate surface area is 102 Å². The van der Waals surface area contributed by atoms with Crippen molar-refractivity contribution in [3.8, 4) is 0 Å². The van der Waals surface area contributed by atoms with Crippen molar-refractivity contribution >= 4 is 33.4 Å². The maximum Gasteiger partial charge on any atom is 0.303 e. The van der Waals surface area contributed by atoms with E-state index in [1.165, 1.54) is 24.7 Å². The van der Waals surface area contributed by atoms with Crippen LogP contribution in [0.3, 0.4) is 0 Å². The molecule has 0 bridgehead atoms. The summed E-state index contributed by atoms with van der Waals surface area (Å²) in [6, 6.07) is 1.39. The average Bonchev–Trinajstić information content (AvgIpc) is 2.73. The molecule has 0 saturated carbocycles. The second-order valence-corrected chi connectivity index (χ2v) is 4.49. The van der Waals surface area contributed by atoms with E-state index in [0.29, 0.717) is 9.70 Å². The molecule has 0 spiro atoms. The first-order chi connectivity index (χ1) is 7.66. The minimum atomic E-state index is -0.497. The summed E-state index contributed by atoms with van der Waals surface area (Å²) in [6.45, 7) is 0. The molecule has 0 aromatic carbocycles. The lowest BCUT2D eigenvalue weighted by Gasteiger charge is -1.98. The van der Waals surface area contributed by atoms with Crippen molar-refractivity contribution in [3.05, 3.63) is 39.3 Å². The van der Waals surface area contributed by atoms with Crippen LogP contribution in [0.25, 0.3) is 0 Å². The van der Waals surface area contributed by atoms with Crippen molar-refractivity contribution in [3.63, 3.8) is 0 Å². The standard InChI is InChI=1S/C8H4BrN3O3S/c9-5-3-6(12(13)14)7(11-4-5)16-8-10-1-2-15-8/h1-4H. The van der Waals surface area contributed by atoms with Crippen LogP contribution in [0.4, 0.5) is 5.69 Å². The number of nitro groups is 1. The largest absolute Gasteiger partial charge is 0.440 e. The number of halogens is 1. The summed E-state index contributed by atoms with van der Waals surface area (Å²) in [5.74, 6) is 0. The van der Waals surface area contributed by atoms with E-state index >= 15 is 0 Å². The molecular formula is C8H4BrN3O3S. The lowest BCUT2D eigenvalue weighted by Crippen LogP contribution is -1.93. The predicted octanol–water partition coefficient (Wildman–Crippen LogP) is 2.89. The van der Waals surface area contributed by atoms with Gasteiger partial charge in [-0.25, -0.2) is 9.97 Å². The fraction of sp³-hybridized carbons (Fsp3) is 0. The van der Waals surface area contributed by atoms with Gasteiger partial charge >= 0.3 is 5.69 Å². The van der Waals surface area contributed by atoms with Gasteiger partial charge in [-0.2, -0.15) is 0 Å². The first-order valence-corrected chi connectivity index (χ1v) is 5.65. The second kappa shape index (κ2) is 4.62. The van der Waals surface area contributed by atoms with E-state index in [1.807, 2.05) is 0 Å². The van der Waals surface area contributed by atoms with Gasteiger partial charge in [-0.3, -0.25) is 10.1 Å². The molecule has 0 amide bonds. The molecule has 82 valence electrons. The van der Waals surface area contributed by atoms with Crippen LogP contribution < -0.4 is 0 Å². The maximum atomic E-state index is 10.8. The van der Waals surface area contributed by atoms with E-state index in [0.717, 1.165) is 11.8 Å². The molecule has 0 N–H and O–H groups in total. The number of rotatable bonds is 3. The SMILES string of the molecule is O=[N+]([O-])c1cc(Br)cnc1Sc1ncco1. The van der Waals surface area contributed by atoms with Gasteiger partial charge in [0, 0.05) is 16.7 Å². The first-order valence-electron chi connectivity index (χ1n) is 4.04. The Bertz CT molecular complexity index is 517. The molecule has 0 fully saturated rings. The predicted molar refractivity (Wildman–Crippen MR) is 59.2 cm³/mol. The molecule has 6 nitrogen and oxygen atoms in total. The van der Waals surface area contributed by atoms with Crippen molar-refractivity contribution in [2.75, 3.05) is 0 Å². The molecule has 0 aliphatic rings. The lowest BCUT2D eigenvalue weighted by atomic mass is 10.4. The molecule has 2 aromatic rings. The summed E-state index contributed by atoms with van der Waals surface area (Å²) in [7, 11) is 0. The zero-order chi connectivity index (χ0) is 11.5. The Morgan fingerprint density at radius 2 is 2.31 bits per heavy atom. The highest BCUT2D eigenvalue weighted by atomic mass is 79.9. The summed E-state index contributed by atoms with van der Waals surface area (Å²) >= 11 is 4.13.